The lowest BCUT2D eigenvalue weighted by Gasteiger charge is -2.31. The van der Waals surface area contributed by atoms with Crippen LogP contribution in [0.4, 0.5) is 0 Å². The van der Waals surface area contributed by atoms with Crippen molar-refractivity contribution < 1.29 is 22.8 Å². The third-order valence-corrected chi connectivity index (χ3v) is 4.71. The fourth-order valence-electron chi connectivity index (χ4n) is 2.12. The Morgan fingerprint density at radius 1 is 1.55 bits per heavy atom. The van der Waals surface area contributed by atoms with Gasteiger partial charge in [-0.1, -0.05) is 5.16 Å². The molecule has 112 valence electrons. The maximum absolute atomic E-state index is 12.1. The summed E-state index contributed by atoms with van der Waals surface area (Å²) in [5, 5.41) is 12.6. The molecular formula is C10H16N4O5S. The number of aromatic nitrogens is 2. The summed E-state index contributed by atoms with van der Waals surface area (Å²) in [5.41, 5.74) is 0. The number of nitrogens with zero attached hydrogens (tertiary/aromatic N) is 3. The first-order valence-corrected chi connectivity index (χ1v) is 7.69. The first kappa shape index (κ1) is 14.9. The molecule has 20 heavy (non-hydrogen) atoms. The van der Waals surface area contributed by atoms with Crippen LogP contribution in [0.1, 0.15) is 25.1 Å². The molecule has 2 heterocycles. The molecule has 1 fully saturated rings. The Labute approximate surface area is 116 Å². The average molecular weight is 304 g/mol. The summed E-state index contributed by atoms with van der Waals surface area (Å²) in [7, 11) is -3.81. The number of piperidine rings is 1. The van der Waals surface area contributed by atoms with Crippen molar-refractivity contribution in [1.29, 1.82) is 0 Å². The number of rotatable bonds is 6. The van der Waals surface area contributed by atoms with Crippen LogP contribution in [0.3, 0.4) is 0 Å². The van der Waals surface area contributed by atoms with Gasteiger partial charge in [-0.15, -0.1) is 0 Å². The standard InChI is InChI=1S/C10H16N4O5S/c15-10(16)8-3-1-2-6-14(8)20(17,18)12-5-4-9-11-7-19-13-9/h7-8,12H,1-6H2,(H,15,16). The van der Waals surface area contributed by atoms with E-state index in [1.807, 2.05) is 0 Å². The average Bonchev–Trinajstić information content (AvgIpc) is 2.91. The van der Waals surface area contributed by atoms with Gasteiger partial charge in [0.15, 0.2) is 5.82 Å². The van der Waals surface area contributed by atoms with Crippen molar-refractivity contribution in [2.24, 2.45) is 0 Å². The zero-order valence-electron chi connectivity index (χ0n) is 10.7. The van der Waals surface area contributed by atoms with Gasteiger partial charge in [-0.05, 0) is 19.3 Å². The quantitative estimate of drug-likeness (QED) is 0.717. The monoisotopic (exact) mass is 304 g/mol. The number of hydrogen-bond acceptors (Lipinski definition) is 6. The third-order valence-electron chi connectivity index (χ3n) is 3.09. The minimum atomic E-state index is -3.81. The van der Waals surface area contributed by atoms with Gasteiger partial charge in [0.25, 0.3) is 10.2 Å². The molecule has 1 aromatic rings. The first-order chi connectivity index (χ1) is 9.50. The molecule has 0 aromatic carbocycles. The van der Waals surface area contributed by atoms with Gasteiger partial charge in [-0.25, -0.2) is 4.72 Å². The molecule has 1 atom stereocenters. The molecule has 0 aliphatic carbocycles. The Kier molecular flexibility index (Phi) is 4.68. The molecule has 9 nitrogen and oxygen atoms in total. The Hall–Kier alpha value is -1.52. The molecule has 1 saturated heterocycles. The highest BCUT2D eigenvalue weighted by atomic mass is 32.2. The number of carboxylic acid groups (broad SMARTS) is 1. The summed E-state index contributed by atoms with van der Waals surface area (Å²) in [6, 6.07) is -0.994. The second-order valence-corrected chi connectivity index (χ2v) is 6.17. The predicted molar refractivity (Wildman–Crippen MR) is 66.9 cm³/mol. The van der Waals surface area contributed by atoms with Gasteiger partial charge in [0.05, 0.1) is 0 Å². The minimum Gasteiger partial charge on any atom is -0.480 e. The highest BCUT2D eigenvalue weighted by Crippen LogP contribution is 2.19. The summed E-state index contributed by atoms with van der Waals surface area (Å²) >= 11 is 0. The fourth-order valence-corrected chi connectivity index (χ4v) is 3.54. The molecule has 1 aliphatic heterocycles. The van der Waals surface area contributed by atoms with Crippen LogP contribution in [0.5, 0.6) is 0 Å². The number of carboxylic acids is 1. The van der Waals surface area contributed by atoms with E-state index in [1.54, 1.807) is 0 Å². The summed E-state index contributed by atoms with van der Waals surface area (Å²) < 4.78 is 32.1. The smallest absolute Gasteiger partial charge is 0.322 e. The van der Waals surface area contributed by atoms with Crippen LogP contribution in [-0.2, 0) is 21.4 Å². The maximum atomic E-state index is 12.1. The van der Waals surface area contributed by atoms with E-state index in [2.05, 4.69) is 19.4 Å². The van der Waals surface area contributed by atoms with E-state index in [9.17, 15) is 13.2 Å². The van der Waals surface area contributed by atoms with Crippen molar-refractivity contribution in [3.63, 3.8) is 0 Å². The van der Waals surface area contributed by atoms with Gasteiger partial charge < -0.3 is 9.63 Å². The van der Waals surface area contributed by atoms with E-state index in [0.717, 1.165) is 10.7 Å². The van der Waals surface area contributed by atoms with Gasteiger partial charge in [-0.2, -0.15) is 17.7 Å². The molecular weight excluding hydrogens is 288 g/mol. The van der Waals surface area contributed by atoms with Crippen LogP contribution in [0, 0.1) is 0 Å². The maximum Gasteiger partial charge on any atom is 0.322 e. The largest absolute Gasteiger partial charge is 0.480 e. The topological polar surface area (TPSA) is 126 Å². The Bertz CT molecular complexity index is 544. The number of carbonyl (C=O) groups is 1. The molecule has 1 aliphatic rings. The third kappa shape index (κ3) is 3.52. The first-order valence-electron chi connectivity index (χ1n) is 6.25. The molecule has 1 aromatic heterocycles. The van der Waals surface area contributed by atoms with Crippen molar-refractivity contribution >= 4 is 16.2 Å². The van der Waals surface area contributed by atoms with Gasteiger partial charge in [0.1, 0.15) is 6.04 Å². The normalized spacial score (nSPS) is 20.9. The Morgan fingerprint density at radius 3 is 3.00 bits per heavy atom. The van der Waals surface area contributed by atoms with E-state index in [-0.39, 0.29) is 19.5 Å². The van der Waals surface area contributed by atoms with E-state index >= 15 is 0 Å². The van der Waals surface area contributed by atoms with Gasteiger partial charge in [-0.3, -0.25) is 4.79 Å². The molecule has 0 radical (unpaired) electrons. The zero-order chi connectivity index (χ0) is 14.6. The summed E-state index contributed by atoms with van der Waals surface area (Å²) in [5.74, 6) is -0.727. The summed E-state index contributed by atoms with van der Waals surface area (Å²) in [4.78, 5) is 14.9. The fraction of sp³-hybridized carbons (Fsp3) is 0.700. The van der Waals surface area contributed by atoms with Crippen LogP contribution >= 0.6 is 0 Å². The molecule has 0 saturated carbocycles. The molecule has 0 bridgehead atoms. The van der Waals surface area contributed by atoms with Gasteiger partial charge in [0, 0.05) is 19.5 Å². The number of aliphatic carboxylic acids is 1. The second-order valence-electron chi connectivity index (χ2n) is 4.46. The Balaban J connectivity index is 1.95. The highest BCUT2D eigenvalue weighted by molar-refractivity contribution is 7.87. The number of hydrogen-bond donors (Lipinski definition) is 2. The Morgan fingerprint density at radius 2 is 2.35 bits per heavy atom. The zero-order valence-corrected chi connectivity index (χ0v) is 11.5. The molecule has 2 N–H and O–H groups in total. The van der Waals surface area contributed by atoms with Crippen LogP contribution < -0.4 is 4.72 Å². The van der Waals surface area contributed by atoms with Crippen LogP contribution in [-0.4, -0.2) is 53.1 Å². The molecule has 0 amide bonds. The van der Waals surface area contributed by atoms with Gasteiger partial charge >= 0.3 is 5.97 Å². The molecule has 2 rings (SSSR count). The molecule has 1 unspecified atom stereocenters. The van der Waals surface area contributed by atoms with Crippen molar-refractivity contribution in [2.45, 2.75) is 31.7 Å². The summed E-state index contributed by atoms with van der Waals surface area (Å²) in [6.45, 7) is 0.305. The second kappa shape index (κ2) is 6.29. The van der Waals surface area contributed by atoms with E-state index in [0.29, 0.717) is 25.1 Å². The molecule has 0 spiro atoms. The predicted octanol–water partition coefficient (Wildman–Crippen LogP) is -0.614. The highest BCUT2D eigenvalue weighted by Gasteiger charge is 2.36. The lowest BCUT2D eigenvalue weighted by Crippen LogP contribution is -2.52. The van der Waals surface area contributed by atoms with E-state index < -0.39 is 22.2 Å². The minimum absolute atomic E-state index is 0.0880. The molecule has 10 heteroatoms. The van der Waals surface area contributed by atoms with Crippen molar-refractivity contribution in [2.75, 3.05) is 13.1 Å². The SMILES string of the molecule is O=C(O)C1CCCCN1S(=O)(=O)NCCc1ncon1. The van der Waals surface area contributed by atoms with E-state index in [1.165, 1.54) is 0 Å². The van der Waals surface area contributed by atoms with Crippen molar-refractivity contribution in [3.8, 4) is 0 Å². The van der Waals surface area contributed by atoms with E-state index in [4.69, 9.17) is 5.11 Å². The van der Waals surface area contributed by atoms with Crippen LogP contribution in [0.25, 0.3) is 0 Å². The van der Waals surface area contributed by atoms with Gasteiger partial charge in [0.2, 0.25) is 6.39 Å². The lowest BCUT2D eigenvalue weighted by molar-refractivity contribution is -0.142. The van der Waals surface area contributed by atoms with Crippen molar-refractivity contribution in [1.82, 2.24) is 19.2 Å². The summed E-state index contributed by atoms with van der Waals surface area (Å²) in [6.07, 6.45) is 3.15. The lowest BCUT2D eigenvalue weighted by atomic mass is 10.1. The number of nitrogens with one attached hydrogen (secondary N) is 1. The van der Waals surface area contributed by atoms with Crippen LogP contribution in [0.2, 0.25) is 0 Å². The van der Waals surface area contributed by atoms with Crippen LogP contribution in [0.15, 0.2) is 10.9 Å². The van der Waals surface area contributed by atoms with Crippen molar-refractivity contribution in [3.05, 3.63) is 12.2 Å².